The van der Waals surface area contributed by atoms with Gasteiger partial charge >= 0.3 is 0 Å². The lowest BCUT2D eigenvalue weighted by atomic mass is 10.1. The largest absolute Gasteiger partial charge is 0.306 e. The van der Waals surface area contributed by atoms with Crippen molar-refractivity contribution in [3.05, 3.63) is 33.9 Å². The van der Waals surface area contributed by atoms with Gasteiger partial charge in [0.15, 0.2) is 11.6 Å². The molecule has 1 aromatic rings. The van der Waals surface area contributed by atoms with Gasteiger partial charge in [0.05, 0.1) is 11.0 Å². The van der Waals surface area contributed by atoms with E-state index in [0.29, 0.717) is 12.1 Å². The first-order valence-corrected chi connectivity index (χ1v) is 5.97. The van der Waals surface area contributed by atoms with Crippen molar-refractivity contribution in [3.8, 4) is 0 Å². The van der Waals surface area contributed by atoms with Crippen LogP contribution in [0.2, 0.25) is 0 Å². The normalized spacial score (nSPS) is 19.0. The average molecular weight is 291 g/mol. The molecule has 1 aliphatic rings. The number of benzene rings is 1. The Morgan fingerprint density at radius 2 is 2.05 bits per heavy atom. The minimum Gasteiger partial charge on any atom is -0.306 e. The Labute approximate surface area is 111 Å². The van der Waals surface area contributed by atoms with E-state index in [1.165, 1.54) is 0 Å². The highest BCUT2D eigenvalue weighted by Crippen LogP contribution is 2.34. The third kappa shape index (κ3) is 2.51. The van der Waals surface area contributed by atoms with Gasteiger partial charge < -0.3 is 4.90 Å². The SMILES string of the molecule is O=C1CC(CCl)CN1c1cc(F)c(F)cc1[N+](=O)[O-]. The zero-order valence-corrected chi connectivity index (χ0v) is 10.4. The van der Waals surface area contributed by atoms with Gasteiger partial charge in [-0.2, -0.15) is 0 Å². The first kappa shape index (κ1) is 13.7. The molecule has 102 valence electrons. The summed E-state index contributed by atoms with van der Waals surface area (Å²) in [6.07, 6.45) is 0.139. The second-order valence-electron chi connectivity index (χ2n) is 4.24. The van der Waals surface area contributed by atoms with Crippen molar-refractivity contribution in [2.45, 2.75) is 6.42 Å². The topological polar surface area (TPSA) is 63.5 Å². The minimum atomic E-state index is -1.32. The molecule has 0 bridgehead atoms. The highest BCUT2D eigenvalue weighted by Gasteiger charge is 2.34. The molecule has 1 aliphatic heterocycles. The quantitative estimate of drug-likeness (QED) is 0.488. The molecule has 2 rings (SSSR count). The average Bonchev–Trinajstić information content (AvgIpc) is 2.73. The minimum absolute atomic E-state index is 0.139. The fourth-order valence-corrected chi connectivity index (χ4v) is 2.21. The standard InChI is InChI=1S/C11H9ClF2N2O3/c12-4-6-1-11(17)15(5-6)9-2-7(13)8(14)3-10(9)16(18)19/h2-3,6H,1,4-5H2. The summed E-state index contributed by atoms with van der Waals surface area (Å²) in [7, 11) is 0. The fraction of sp³-hybridized carbons (Fsp3) is 0.364. The highest BCUT2D eigenvalue weighted by molar-refractivity contribution is 6.18. The molecule has 1 aromatic carbocycles. The van der Waals surface area contributed by atoms with Crippen LogP contribution in [0.3, 0.4) is 0 Å². The predicted octanol–water partition coefficient (Wildman–Crippen LogP) is 2.46. The van der Waals surface area contributed by atoms with Crippen molar-refractivity contribution in [1.29, 1.82) is 0 Å². The van der Waals surface area contributed by atoms with Gasteiger partial charge in [-0.25, -0.2) is 8.78 Å². The van der Waals surface area contributed by atoms with Crippen LogP contribution < -0.4 is 4.90 Å². The molecule has 1 atom stereocenters. The molecular weight excluding hydrogens is 282 g/mol. The Balaban J connectivity index is 2.47. The summed E-state index contributed by atoms with van der Waals surface area (Å²) in [5.74, 6) is -2.87. The molecule has 5 nitrogen and oxygen atoms in total. The van der Waals surface area contributed by atoms with Crippen LogP contribution in [0.5, 0.6) is 0 Å². The molecule has 0 aromatic heterocycles. The number of amides is 1. The molecule has 1 fully saturated rings. The number of nitro benzene ring substituents is 1. The number of nitrogens with zero attached hydrogens (tertiary/aromatic N) is 2. The Morgan fingerprint density at radius 3 is 2.58 bits per heavy atom. The van der Waals surface area contributed by atoms with E-state index in [4.69, 9.17) is 11.6 Å². The van der Waals surface area contributed by atoms with Crippen molar-refractivity contribution < 1.29 is 18.5 Å². The van der Waals surface area contributed by atoms with Crippen molar-refractivity contribution in [2.24, 2.45) is 5.92 Å². The zero-order chi connectivity index (χ0) is 14.2. The fourth-order valence-electron chi connectivity index (χ4n) is 2.01. The van der Waals surface area contributed by atoms with E-state index in [-0.39, 0.29) is 36.4 Å². The predicted molar refractivity (Wildman–Crippen MR) is 64.2 cm³/mol. The maximum absolute atomic E-state index is 13.2. The number of hydrogen-bond acceptors (Lipinski definition) is 3. The van der Waals surface area contributed by atoms with E-state index in [0.717, 1.165) is 4.90 Å². The summed E-state index contributed by atoms with van der Waals surface area (Å²) in [5, 5.41) is 10.9. The van der Waals surface area contributed by atoms with Gasteiger partial charge in [0.1, 0.15) is 5.69 Å². The zero-order valence-electron chi connectivity index (χ0n) is 9.61. The summed E-state index contributed by atoms with van der Waals surface area (Å²) < 4.78 is 26.3. The first-order valence-electron chi connectivity index (χ1n) is 5.43. The van der Waals surface area contributed by atoms with Crippen LogP contribution in [0.15, 0.2) is 12.1 Å². The van der Waals surface area contributed by atoms with E-state index in [9.17, 15) is 23.7 Å². The van der Waals surface area contributed by atoms with E-state index in [1.807, 2.05) is 0 Å². The number of hydrogen-bond donors (Lipinski definition) is 0. The lowest BCUT2D eigenvalue weighted by Gasteiger charge is -2.16. The first-order chi connectivity index (χ1) is 8.93. The van der Waals surface area contributed by atoms with E-state index in [2.05, 4.69) is 0 Å². The van der Waals surface area contributed by atoms with Crippen LogP contribution in [0, 0.1) is 27.7 Å². The second kappa shape index (κ2) is 5.08. The lowest BCUT2D eigenvalue weighted by molar-refractivity contribution is -0.384. The second-order valence-corrected chi connectivity index (χ2v) is 4.55. The molecule has 0 spiro atoms. The monoisotopic (exact) mass is 290 g/mol. The summed E-state index contributed by atoms with van der Waals surface area (Å²) in [6.45, 7) is 0.161. The number of alkyl halides is 1. The van der Waals surface area contributed by atoms with Gasteiger partial charge in [0.2, 0.25) is 5.91 Å². The van der Waals surface area contributed by atoms with Crippen molar-refractivity contribution in [1.82, 2.24) is 0 Å². The third-order valence-corrected chi connectivity index (χ3v) is 3.36. The van der Waals surface area contributed by atoms with Gasteiger partial charge in [-0.15, -0.1) is 11.6 Å². The molecule has 19 heavy (non-hydrogen) atoms. The Bertz CT molecular complexity index is 553. The molecule has 0 N–H and O–H groups in total. The molecule has 0 aliphatic carbocycles. The van der Waals surface area contributed by atoms with Crippen molar-refractivity contribution in [2.75, 3.05) is 17.3 Å². The number of carbonyl (C=O) groups is 1. The summed E-state index contributed by atoms with van der Waals surface area (Å²) in [4.78, 5) is 22.8. The van der Waals surface area contributed by atoms with E-state index >= 15 is 0 Å². The Morgan fingerprint density at radius 1 is 1.42 bits per heavy atom. The summed E-state index contributed by atoms with van der Waals surface area (Å²) in [6, 6.07) is 1.15. The lowest BCUT2D eigenvalue weighted by Crippen LogP contribution is -2.25. The van der Waals surface area contributed by atoms with Gasteiger partial charge in [-0.3, -0.25) is 14.9 Å². The number of nitro groups is 1. The molecule has 0 saturated carbocycles. The highest BCUT2D eigenvalue weighted by atomic mass is 35.5. The van der Waals surface area contributed by atoms with Crippen LogP contribution in [0.25, 0.3) is 0 Å². The maximum atomic E-state index is 13.2. The van der Waals surface area contributed by atoms with E-state index in [1.54, 1.807) is 0 Å². The molecule has 1 heterocycles. The van der Waals surface area contributed by atoms with Crippen molar-refractivity contribution >= 4 is 28.9 Å². The van der Waals surface area contributed by atoms with Gasteiger partial charge in [-0.05, 0) is 5.92 Å². The summed E-state index contributed by atoms with van der Waals surface area (Å²) in [5.41, 5.74) is -0.871. The smallest absolute Gasteiger partial charge is 0.296 e. The van der Waals surface area contributed by atoms with Gasteiger partial charge in [-0.1, -0.05) is 0 Å². The van der Waals surface area contributed by atoms with E-state index < -0.39 is 22.2 Å². The van der Waals surface area contributed by atoms with Crippen LogP contribution in [0.4, 0.5) is 20.2 Å². The molecule has 0 radical (unpaired) electrons. The van der Waals surface area contributed by atoms with Crippen LogP contribution in [-0.4, -0.2) is 23.3 Å². The maximum Gasteiger partial charge on any atom is 0.296 e. The molecule has 1 saturated heterocycles. The molecular formula is C11H9ClF2N2O3. The number of rotatable bonds is 3. The number of carbonyl (C=O) groups excluding carboxylic acids is 1. The van der Waals surface area contributed by atoms with Gasteiger partial charge in [0.25, 0.3) is 5.69 Å². The number of halogens is 3. The Kier molecular flexibility index (Phi) is 3.66. The molecule has 1 unspecified atom stereocenters. The van der Waals surface area contributed by atoms with Crippen LogP contribution >= 0.6 is 11.6 Å². The molecule has 1 amide bonds. The van der Waals surface area contributed by atoms with Crippen molar-refractivity contribution in [3.63, 3.8) is 0 Å². The van der Waals surface area contributed by atoms with Crippen LogP contribution in [0.1, 0.15) is 6.42 Å². The number of anilines is 1. The summed E-state index contributed by atoms with van der Waals surface area (Å²) >= 11 is 5.64. The Hall–Kier alpha value is -1.76. The van der Waals surface area contributed by atoms with Gasteiger partial charge in [0, 0.05) is 24.9 Å². The van der Waals surface area contributed by atoms with Crippen LogP contribution in [-0.2, 0) is 4.79 Å². The third-order valence-electron chi connectivity index (χ3n) is 2.93. The molecule has 8 heteroatoms.